The Labute approximate surface area is 66.8 Å². The van der Waals surface area contributed by atoms with Crippen molar-refractivity contribution in [3.63, 3.8) is 0 Å². The third-order valence-electron chi connectivity index (χ3n) is 1.09. The van der Waals surface area contributed by atoms with Gasteiger partial charge < -0.3 is 5.11 Å². The molecule has 0 aromatic carbocycles. The van der Waals surface area contributed by atoms with E-state index in [-0.39, 0.29) is 0 Å². The standard InChI is InChI=1S/C4H4N2O5S/c7-4(8)3-2(1-5-6-3)12(9,10)11/h1H,(H,5,6)(H,7,8)(H,9,10,11). The molecule has 0 spiro atoms. The number of rotatable bonds is 2. The number of aromatic amines is 1. The zero-order valence-corrected chi connectivity index (χ0v) is 6.37. The van der Waals surface area contributed by atoms with Crippen molar-refractivity contribution in [2.75, 3.05) is 0 Å². The first-order valence-electron chi connectivity index (χ1n) is 2.67. The molecule has 0 aliphatic heterocycles. The van der Waals surface area contributed by atoms with Gasteiger partial charge in [0, 0.05) is 6.20 Å². The number of aromatic carboxylic acids is 1. The van der Waals surface area contributed by atoms with Crippen LogP contribution < -0.4 is 0 Å². The number of nitrogens with one attached hydrogen (secondary N) is 1. The normalized spacial score (nSPS) is 11.4. The summed E-state index contributed by atoms with van der Waals surface area (Å²) in [5.41, 5.74) is -0.725. The van der Waals surface area contributed by atoms with Crippen molar-refractivity contribution >= 4 is 16.1 Å². The van der Waals surface area contributed by atoms with Crippen LogP contribution in [0, 0.1) is 0 Å². The Balaban J connectivity index is 3.36. The van der Waals surface area contributed by atoms with Crippen molar-refractivity contribution in [2.24, 2.45) is 0 Å². The zero-order chi connectivity index (χ0) is 9.35. The quantitative estimate of drug-likeness (QED) is 0.535. The third-order valence-corrected chi connectivity index (χ3v) is 1.95. The minimum atomic E-state index is -4.51. The van der Waals surface area contributed by atoms with Crippen LogP contribution in [0.15, 0.2) is 11.1 Å². The monoisotopic (exact) mass is 192 g/mol. The van der Waals surface area contributed by atoms with Gasteiger partial charge in [-0.25, -0.2) is 4.79 Å². The maximum absolute atomic E-state index is 10.5. The molecule has 1 aromatic heterocycles. The molecule has 0 saturated heterocycles. The summed E-state index contributed by atoms with van der Waals surface area (Å²) in [5, 5.41) is 13.5. The van der Waals surface area contributed by atoms with Gasteiger partial charge in [0.25, 0.3) is 10.1 Å². The largest absolute Gasteiger partial charge is 0.476 e. The molecular formula is C4H4N2O5S. The molecule has 0 atom stereocenters. The summed E-state index contributed by atoms with van der Waals surface area (Å²) in [4.78, 5) is 9.53. The van der Waals surface area contributed by atoms with E-state index >= 15 is 0 Å². The lowest BCUT2D eigenvalue weighted by Crippen LogP contribution is -2.06. The predicted molar refractivity (Wildman–Crippen MR) is 35.4 cm³/mol. The van der Waals surface area contributed by atoms with Crippen molar-refractivity contribution in [1.29, 1.82) is 0 Å². The van der Waals surface area contributed by atoms with Gasteiger partial charge in [0.05, 0.1) is 0 Å². The van der Waals surface area contributed by atoms with Crippen molar-refractivity contribution < 1.29 is 22.9 Å². The average molecular weight is 192 g/mol. The molecule has 0 aliphatic carbocycles. The molecule has 0 bridgehead atoms. The van der Waals surface area contributed by atoms with Crippen LogP contribution in [-0.4, -0.2) is 34.2 Å². The molecule has 1 heterocycles. The summed E-state index contributed by atoms with van der Waals surface area (Å²) < 4.78 is 29.4. The van der Waals surface area contributed by atoms with Gasteiger partial charge in [0.2, 0.25) is 0 Å². The van der Waals surface area contributed by atoms with Crippen LogP contribution in [0.25, 0.3) is 0 Å². The fourth-order valence-corrected chi connectivity index (χ4v) is 1.21. The first kappa shape index (κ1) is 8.68. The second kappa shape index (κ2) is 2.57. The summed E-state index contributed by atoms with van der Waals surface area (Å²) in [7, 11) is -4.51. The third kappa shape index (κ3) is 1.43. The number of carboxylic acid groups (broad SMARTS) is 1. The lowest BCUT2D eigenvalue weighted by atomic mass is 10.4. The van der Waals surface area contributed by atoms with Crippen LogP contribution in [0.2, 0.25) is 0 Å². The molecule has 0 amide bonds. The Kier molecular flexibility index (Phi) is 1.86. The van der Waals surface area contributed by atoms with Crippen LogP contribution in [0.5, 0.6) is 0 Å². The van der Waals surface area contributed by atoms with Gasteiger partial charge >= 0.3 is 5.97 Å². The van der Waals surface area contributed by atoms with Crippen molar-refractivity contribution in [3.05, 3.63) is 11.9 Å². The Morgan fingerprint density at radius 3 is 2.50 bits per heavy atom. The maximum Gasteiger partial charge on any atom is 0.357 e. The molecule has 0 unspecified atom stereocenters. The molecule has 0 aliphatic rings. The fraction of sp³-hybridized carbons (Fsp3) is 0. The first-order chi connectivity index (χ1) is 5.43. The highest BCUT2D eigenvalue weighted by atomic mass is 32.2. The minimum Gasteiger partial charge on any atom is -0.476 e. The zero-order valence-electron chi connectivity index (χ0n) is 5.55. The summed E-state index contributed by atoms with van der Waals surface area (Å²) in [5.74, 6) is -1.52. The molecule has 1 aromatic rings. The summed E-state index contributed by atoms with van der Waals surface area (Å²) in [6, 6.07) is 0. The van der Waals surface area contributed by atoms with Crippen LogP contribution in [0.4, 0.5) is 0 Å². The molecule has 0 radical (unpaired) electrons. The molecule has 3 N–H and O–H groups in total. The average Bonchev–Trinajstić information content (AvgIpc) is 2.30. The van der Waals surface area contributed by atoms with E-state index in [1.54, 1.807) is 0 Å². The summed E-state index contributed by atoms with van der Waals surface area (Å²) >= 11 is 0. The van der Waals surface area contributed by atoms with Crippen LogP contribution in [0.3, 0.4) is 0 Å². The number of carbonyl (C=O) groups is 1. The van der Waals surface area contributed by atoms with Gasteiger partial charge in [0.15, 0.2) is 5.69 Å². The van der Waals surface area contributed by atoms with E-state index in [1.807, 2.05) is 5.10 Å². The number of hydrogen-bond donors (Lipinski definition) is 3. The van der Waals surface area contributed by atoms with E-state index in [1.165, 1.54) is 0 Å². The van der Waals surface area contributed by atoms with Crippen molar-refractivity contribution in [1.82, 2.24) is 10.2 Å². The fourth-order valence-electron chi connectivity index (χ4n) is 0.629. The van der Waals surface area contributed by atoms with Gasteiger partial charge in [0.1, 0.15) is 4.90 Å². The Hall–Kier alpha value is -1.41. The van der Waals surface area contributed by atoms with Gasteiger partial charge in [-0.1, -0.05) is 0 Å². The summed E-state index contributed by atoms with van der Waals surface area (Å²) in [6.07, 6.45) is 0.790. The molecule has 66 valence electrons. The molecule has 1 rings (SSSR count). The second-order valence-corrected chi connectivity index (χ2v) is 3.27. The van der Waals surface area contributed by atoms with Gasteiger partial charge in [-0.05, 0) is 0 Å². The lowest BCUT2D eigenvalue weighted by molar-refractivity contribution is 0.0686. The van der Waals surface area contributed by atoms with E-state index < -0.39 is 26.7 Å². The topological polar surface area (TPSA) is 120 Å². The van der Waals surface area contributed by atoms with E-state index in [0.29, 0.717) is 0 Å². The number of hydrogen-bond acceptors (Lipinski definition) is 4. The molecule has 0 fully saturated rings. The van der Waals surface area contributed by atoms with Crippen LogP contribution in [-0.2, 0) is 10.1 Å². The minimum absolute atomic E-state index is 0.725. The van der Waals surface area contributed by atoms with Gasteiger partial charge in [-0.2, -0.15) is 13.5 Å². The van der Waals surface area contributed by atoms with Gasteiger partial charge in [-0.3, -0.25) is 9.65 Å². The molecule has 7 nitrogen and oxygen atoms in total. The number of nitrogens with zero attached hydrogens (tertiary/aromatic N) is 1. The van der Waals surface area contributed by atoms with E-state index in [4.69, 9.17) is 9.66 Å². The smallest absolute Gasteiger partial charge is 0.357 e. The van der Waals surface area contributed by atoms with E-state index in [2.05, 4.69) is 5.10 Å². The second-order valence-electron chi connectivity index (χ2n) is 1.88. The predicted octanol–water partition coefficient (Wildman–Crippen LogP) is -0.645. The van der Waals surface area contributed by atoms with Crippen molar-refractivity contribution in [3.8, 4) is 0 Å². The van der Waals surface area contributed by atoms with Crippen LogP contribution in [0.1, 0.15) is 10.5 Å². The highest BCUT2D eigenvalue weighted by Crippen LogP contribution is 2.10. The maximum atomic E-state index is 10.5. The Bertz CT molecular complexity index is 405. The first-order valence-corrected chi connectivity index (χ1v) is 4.11. The number of aromatic nitrogens is 2. The highest BCUT2D eigenvalue weighted by molar-refractivity contribution is 7.86. The Morgan fingerprint density at radius 2 is 2.17 bits per heavy atom. The SMILES string of the molecule is O=C(O)c1n[nH]cc1S(=O)(=O)O. The van der Waals surface area contributed by atoms with E-state index in [9.17, 15) is 13.2 Å². The van der Waals surface area contributed by atoms with Crippen molar-refractivity contribution in [2.45, 2.75) is 4.90 Å². The highest BCUT2D eigenvalue weighted by Gasteiger charge is 2.22. The Morgan fingerprint density at radius 1 is 1.58 bits per heavy atom. The molecule has 12 heavy (non-hydrogen) atoms. The van der Waals surface area contributed by atoms with E-state index in [0.717, 1.165) is 6.20 Å². The van der Waals surface area contributed by atoms with Crippen LogP contribution >= 0.6 is 0 Å². The lowest BCUT2D eigenvalue weighted by Gasteiger charge is -1.91. The number of H-pyrrole nitrogens is 1. The van der Waals surface area contributed by atoms with Gasteiger partial charge in [-0.15, -0.1) is 0 Å². The number of carboxylic acids is 1. The molecule has 0 saturated carbocycles. The molecule has 8 heteroatoms. The summed E-state index contributed by atoms with van der Waals surface area (Å²) in [6.45, 7) is 0. The molecular weight excluding hydrogens is 188 g/mol.